The van der Waals surface area contributed by atoms with Crippen LogP contribution in [0.25, 0.3) is 0 Å². The van der Waals surface area contributed by atoms with Gasteiger partial charge in [0.25, 0.3) is 0 Å². The van der Waals surface area contributed by atoms with Crippen LogP contribution in [0.2, 0.25) is 0 Å². The predicted octanol–water partition coefficient (Wildman–Crippen LogP) is 2.28. The summed E-state index contributed by atoms with van der Waals surface area (Å²) in [5.41, 5.74) is 1.12. The molecule has 1 aromatic carbocycles. The van der Waals surface area contributed by atoms with Crippen molar-refractivity contribution < 1.29 is 4.52 Å². The van der Waals surface area contributed by atoms with Crippen LogP contribution < -0.4 is 0 Å². The Morgan fingerprint density at radius 3 is 2.58 bits per heavy atom. The lowest BCUT2D eigenvalue weighted by molar-refractivity contribution is 0.403. The molecule has 2 aromatic rings. The SMILES string of the molecule is [CH](c1ccccc1)c1ccno1. The summed E-state index contributed by atoms with van der Waals surface area (Å²) in [6.07, 6.45) is 3.57. The number of benzene rings is 1. The zero-order chi connectivity index (χ0) is 8.23. The molecular weight excluding hydrogens is 150 g/mol. The summed E-state index contributed by atoms with van der Waals surface area (Å²) in [6.45, 7) is 0. The van der Waals surface area contributed by atoms with Crippen molar-refractivity contribution in [3.63, 3.8) is 0 Å². The van der Waals surface area contributed by atoms with E-state index in [4.69, 9.17) is 4.52 Å². The molecule has 2 rings (SSSR count). The van der Waals surface area contributed by atoms with Crippen molar-refractivity contribution in [2.75, 3.05) is 0 Å². The maximum atomic E-state index is 4.93. The third-order valence-corrected chi connectivity index (χ3v) is 1.57. The molecule has 0 spiro atoms. The van der Waals surface area contributed by atoms with Gasteiger partial charge >= 0.3 is 0 Å². The third kappa shape index (κ3) is 1.53. The second-order valence-electron chi connectivity index (χ2n) is 2.47. The summed E-state index contributed by atoms with van der Waals surface area (Å²) in [6, 6.07) is 11.8. The highest BCUT2D eigenvalue weighted by Crippen LogP contribution is 2.09. The molecule has 0 aliphatic rings. The molecule has 0 saturated carbocycles. The topological polar surface area (TPSA) is 26.0 Å². The molecule has 0 fully saturated rings. The Bertz CT molecular complexity index is 326. The fourth-order valence-corrected chi connectivity index (χ4v) is 1.01. The zero-order valence-electron chi connectivity index (χ0n) is 6.47. The van der Waals surface area contributed by atoms with Crippen LogP contribution in [0.4, 0.5) is 0 Å². The lowest BCUT2D eigenvalue weighted by Crippen LogP contribution is -1.80. The number of hydrogen-bond donors (Lipinski definition) is 0. The van der Waals surface area contributed by atoms with Gasteiger partial charge in [-0.25, -0.2) is 0 Å². The molecule has 0 atom stereocenters. The van der Waals surface area contributed by atoms with E-state index in [0.29, 0.717) is 0 Å². The average molecular weight is 158 g/mol. The van der Waals surface area contributed by atoms with E-state index in [1.165, 1.54) is 0 Å². The molecule has 0 N–H and O–H groups in total. The van der Waals surface area contributed by atoms with Crippen LogP contribution in [0.3, 0.4) is 0 Å². The highest BCUT2D eigenvalue weighted by atomic mass is 16.5. The largest absolute Gasteiger partial charge is 0.361 e. The Morgan fingerprint density at radius 2 is 1.92 bits per heavy atom. The van der Waals surface area contributed by atoms with Crippen LogP contribution in [0, 0.1) is 6.42 Å². The van der Waals surface area contributed by atoms with Gasteiger partial charge < -0.3 is 4.52 Å². The summed E-state index contributed by atoms with van der Waals surface area (Å²) in [5.74, 6) is 0.779. The molecule has 12 heavy (non-hydrogen) atoms. The van der Waals surface area contributed by atoms with E-state index in [9.17, 15) is 0 Å². The van der Waals surface area contributed by atoms with Gasteiger partial charge in [0.1, 0.15) is 5.76 Å². The van der Waals surface area contributed by atoms with Gasteiger partial charge in [-0.2, -0.15) is 0 Å². The van der Waals surface area contributed by atoms with Gasteiger partial charge in [0.2, 0.25) is 0 Å². The van der Waals surface area contributed by atoms with E-state index in [-0.39, 0.29) is 0 Å². The van der Waals surface area contributed by atoms with Crippen LogP contribution in [0.15, 0.2) is 47.1 Å². The van der Waals surface area contributed by atoms with Crippen molar-refractivity contribution in [1.29, 1.82) is 0 Å². The second kappa shape index (κ2) is 3.22. The Balaban J connectivity index is 2.15. The summed E-state index contributed by atoms with van der Waals surface area (Å²) < 4.78 is 4.93. The number of aromatic nitrogens is 1. The van der Waals surface area contributed by atoms with Crippen molar-refractivity contribution in [1.82, 2.24) is 5.16 Å². The Labute approximate surface area is 70.8 Å². The molecule has 0 amide bonds. The molecule has 59 valence electrons. The van der Waals surface area contributed by atoms with Crippen molar-refractivity contribution >= 4 is 0 Å². The van der Waals surface area contributed by atoms with E-state index >= 15 is 0 Å². The van der Waals surface area contributed by atoms with Gasteiger partial charge in [-0.3, -0.25) is 0 Å². The second-order valence-corrected chi connectivity index (χ2v) is 2.47. The molecule has 1 radical (unpaired) electrons. The third-order valence-electron chi connectivity index (χ3n) is 1.57. The molecule has 0 aliphatic carbocycles. The molecule has 2 heteroatoms. The van der Waals surface area contributed by atoms with Crippen LogP contribution >= 0.6 is 0 Å². The van der Waals surface area contributed by atoms with E-state index in [0.717, 1.165) is 11.3 Å². The number of rotatable bonds is 2. The number of hydrogen-bond acceptors (Lipinski definition) is 2. The smallest absolute Gasteiger partial charge is 0.145 e. The minimum absolute atomic E-state index is 0.779. The van der Waals surface area contributed by atoms with Gasteiger partial charge in [-0.15, -0.1) is 0 Å². The van der Waals surface area contributed by atoms with Gasteiger partial charge in [0.05, 0.1) is 12.6 Å². The summed E-state index contributed by atoms with van der Waals surface area (Å²) in [5, 5.41) is 3.61. The lowest BCUT2D eigenvalue weighted by atomic mass is 10.1. The first-order valence-electron chi connectivity index (χ1n) is 3.75. The minimum atomic E-state index is 0.779. The van der Waals surface area contributed by atoms with Crippen LogP contribution in [0.1, 0.15) is 11.3 Å². The first kappa shape index (κ1) is 7.10. The van der Waals surface area contributed by atoms with Gasteiger partial charge in [-0.05, 0) is 5.56 Å². The Kier molecular flexibility index (Phi) is 1.90. The first-order chi connectivity index (χ1) is 5.95. The standard InChI is InChI=1S/C10H8NO/c1-2-4-9(5-3-1)8-10-6-7-11-12-10/h1-8H. The van der Waals surface area contributed by atoms with Crippen molar-refractivity contribution in [3.8, 4) is 0 Å². The van der Waals surface area contributed by atoms with E-state index in [1.54, 1.807) is 6.20 Å². The molecule has 0 bridgehead atoms. The molecule has 0 saturated heterocycles. The zero-order valence-corrected chi connectivity index (χ0v) is 6.47. The molecule has 0 unspecified atom stereocenters. The van der Waals surface area contributed by atoms with Crippen molar-refractivity contribution in [2.24, 2.45) is 0 Å². The van der Waals surface area contributed by atoms with Crippen molar-refractivity contribution in [2.45, 2.75) is 0 Å². The molecule has 1 heterocycles. The average Bonchev–Trinajstić information content (AvgIpc) is 2.59. The lowest BCUT2D eigenvalue weighted by Gasteiger charge is -1.93. The fraction of sp³-hybridized carbons (Fsp3) is 0. The van der Waals surface area contributed by atoms with Crippen molar-refractivity contribution in [3.05, 3.63) is 60.3 Å². The minimum Gasteiger partial charge on any atom is -0.361 e. The van der Waals surface area contributed by atoms with Crippen LogP contribution in [0.5, 0.6) is 0 Å². The van der Waals surface area contributed by atoms with Gasteiger partial charge in [0.15, 0.2) is 0 Å². The highest BCUT2D eigenvalue weighted by Gasteiger charge is 1.98. The first-order valence-corrected chi connectivity index (χ1v) is 3.75. The van der Waals surface area contributed by atoms with E-state index < -0.39 is 0 Å². The molecule has 2 nitrogen and oxygen atoms in total. The quantitative estimate of drug-likeness (QED) is 0.670. The van der Waals surface area contributed by atoms with E-state index in [2.05, 4.69) is 5.16 Å². The summed E-state index contributed by atoms with van der Waals surface area (Å²) in [7, 11) is 0. The Morgan fingerprint density at radius 1 is 1.08 bits per heavy atom. The fourth-order valence-electron chi connectivity index (χ4n) is 1.01. The molecule has 0 aliphatic heterocycles. The predicted molar refractivity (Wildman–Crippen MR) is 45.4 cm³/mol. The van der Waals surface area contributed by atoms with E-state index in [1.807, 2.05) is 42.8 Å². The maximum absolute atomic E-state index is 4.93. The highest BCUT2D eigenvalue weighted by molar-refractivity contribution is 5.30. The van der Waals surface area contributed by atoms with Crippen LogP contribution in [-0.2, 0) is 0 Å². The monoisotopic (exact) mass is 158 g/mol. The number of nitrogens with zero attached hydrogens (tertiary/aromatic N) is 1. The molecular formula is C10H8NO. The maximum Gasteiger partial charge on any atom is 0.145 e. The summed E-state index contributed by atoms with van der Waals surface area (Å²) >= 11 is 0. The molecule has 1 aromatic heterocycles. The Hall–Kier alpha value is -1.57. The summed E-state index contributed by atoms with van der Waals surface area (Å²) in [4.78, 5) is 0. The van der Waals surface area contributed by atoms with Gasteiger partial charge in [-0.1, -0.05) is 35.5 Å². The van der Waals surface area contributed by atoms with Gasteiger partial charge in [0, 0.05) is 6.07 Å². The normalized spacial score (nSPS) is 10.0. The van der Waals surface area contributed by atoms with Crippen LogP contribution in [-0.4, -0.2) is 5.16 Å².